The van der Waals surface area contributed by atoms with Crippen molar-refractivity contribution in [3.8, 4) is 0 Å². The minimum Gasteiger partial charge on any atom is -0.325 e. The molecule has 0 aromatic heterocycles. The van der Waals surface area contributed by atoms with Gasteiger partial charge in [0, 0.05) is 10.7 Å². The van der Waals surface area contributed by atoms with Crippen LogP contribution in [-0.2, 0) is 4.79 Å². The van der Waals surface area contributed by atoms with Crippen LogP contribution in [0.1, 0.15) is 12.8 Å². The highest BCUT2D eigenvalue weighted by Gasteiger charge is 2.20. The molecule has 1 saturated carbocycles. The van der Waals surface area contributed by atoms with Gasteiger partial charge in [-0.3, -0.25) is 4.79 Å². The Labute approximate surface area is 100 Å². The topological polar surface area (TPSA) is 41.1 Å². The average Bonchev–Trinajstić information content (AvgIpc) is 3.01. The first-order valence-electron chi connectivity index (χ1n) is 5.50. The van der Waals surface area contributed by atoms with E-state index in [-0.39, 0.29) is 5.91 Å². The van der Waals surface area contributed by atoms with E-state index in [0.29, 0.717) is 11.6 Å². The summed E-state index contributed by atoms with van der Waals surface area (Å²) in [5.74, 6) is 0.766. The van der Waals surface area contributed by atoms with Gasteiger partial charge in [-0.1, -0.05) is 17.7 Å². The summed E-state index contributed by atoms with van der Waals surface area (Å²) in [6.45, 7) is 1.31. The molecular weight excluding hydrogens is 224 g/mol. The van der Waals surface area contributed by atoms with Crippen LogP contribution >= 0.6 is 11.6 Å². The quantitative estimate of drug-likeness (QED) is 0.827. The number of hydrogen-bond donors (Lipinski definition) is 2. The van der Waals surface area contributed by atoms with Crippen molar-refractivity contribution in [1.29, 1.82) is 0 Å². The van der Waals surface area contributed by atoms with Crippen LogP contribution in [0.15, 0.2) is 24.3 Å². The third-order valence-electron chi connectivity index (χ3n) is 2.52. The molecule has 0 heterocycles. The van der Waals surface area contributed by atoms with Crippen molar-refractivity contribution < 1.29 is 4.79 Å². The summed E-state index contributed by atoms with van der Waals surface area (Å²) in [6, 6.07) is 7.16. The van der Waals surface area contributed by atoms with E-state index < -0.39 is 0 Å². The third-order valence-corrected chi connectivity index (χ3v) is 2.76. The second kappa shape index (κ2) is 5.32. The molecule has 0 radical (unpaired) electrons. The lowest BCUT2D eigenvalue weighted by Crippen LogP contribution is -2.29. The van der Waals surface area contributed by atoms with Gasteiger partial charge in [-0.2, -0.15) is 0 Å². The second-order valence-electron chi connectivity index (χ2n) is 4.13. The molecule has 1 aromatic rings. The van der Waals surface area contributed by atoms with Crippen molar-refractivity contribution in [2.75, 3.05) is 18.4 Å². The van der Waals surface area contributed by atoms with Crippen LogP contribution in [-0.4, -0.2) is 19.0 Å². The lowest BCUT2D eigenvalue weighted by molar-refractivity contribution is -0.115. The monoisotopic (exact) mass is 238 g/mol. The molecule has 2 N–H and O–H groups in total. The molecule has 16 heavy (non-hydrogen) atoms. The number of benzene rings is 1. The molecule has 1 amide bonds. The van der Waals surface area contributed by atoms with Crippen LogP contribution in [0.4, 0.5) is 5.69 Å². The van der Waals surface area contributed by atoms with Gasteiger partial charge in [-0.25, -0.2) is 0 Å². The Balaban J connectivity index is 1.73. The van der Waals surface area contributed by atoms with E-state index in [1.807, 2.05) is 12.1 Å². The number of rotatable bonds is 5. The molecular formula is C12H15ClN2O. The largest absolute Gasteiger partial charge is 0.325 e. The molecule has 1 aliphatic rings. The van der Waals surface area contributed by atoms with Crippen LogP contribution in [0, 0.1) is 5.92 Å². The fourth-order valence-corrected chi connectivity index (χ4v) is 1.67. The molecule has 1 aliphatic carbocycles. The summed E-state index contributed by atoms with van der Waals surface area (Å²) < 4.78 is 0. The highest BCUT2D eigenvalue weighted by Crippen LogP contribution is 2.27. The maximum Gasteiger partial charge on any atom is 0.238 e. The Morgan fingerprint density at radius 1 is 1.44 bits per heavy atom. The van der Waals surface area contributed by atoms with E-state index in [1.54, 1.807) is 12.1 Å². The zero-order chi connectivity index (χ0) is 11.4. The summed E-state index contributed by atoms with van der Waals surface area (Å²) in [5, 5.41) is 6.56. The fraction of sp³-hybridized carbons (Fsp3) is 0.417. The predicted molar refractivity (Wildman–Crippen MR) is 65.7 cm³/mol. The van der Waals surface area contributed by atoms with E-state index in [9.17, 15) is 4.79 Å². The van der Waals surface area contributed by atoms with Gasteiger partial charge in [-0.05, 0) is 43.5 Å². The number of anilines is 1. The highest BCUT2D eigenvalue weighted by molar-refractivity contribution is 6.30. The Bertz CT molecular complexity index is 377. The zero-order valence-corrected chi connectivity index (χ0v) is 9.76. The molecule has 0 spiro atoms. The third kappa shape index (κ3) is 3.83. The van der Waals surface area contributed by atoms with Crippen molar-refractivity contribution in [3.05, 3.63) is 29.3 Å². The molecule has 0 bridgehead atoms. The van der Waals surface area contributed by atoms with Crippen LogP contribution in [0.2, 0.25) is 5.02 Å². The van der Waals surface area contributed by atoms with Crippen LogP contribution in [0.25, 0.3) is 0 Å². The summed E-state index contributed by atoms with van der Waals surface area (Å²) in [4.78, 5) is 11.5. The van der Waals surface area contributed by atoms with E-state index in [2.05, 4.69) is 10.6 Å². The van der Waals surface area contributed by atoms with E-state index in [1.165, 1.54) is 12.8 Å². The number of hydrogen-bond acceptors (Lipinski definition) is 2. The van der Waals surface area contributed by atoms with Crippen molar-refractivity contribution in [2.24, 2.45) is 5.92 Å². The molecule has 86 valence electrons. The Hall–Kier alpha value is -1.06. The SMILES string of the molecule is O=C(CNCC1CC1)Nc1cccc(Cl)c1. The molecule has 3 nitrogen and oxygen atoms in total. The summed E-state index contributed by atoms with van der Waals surface area (Å²) in [5.41, 5.74) is 0.741. The van der Waals surface area contributed by atoms with E-state index >= 15 is 0 Å². The maximum absolute atomic E-state index is 11.5. The second-order valence-corrected chi connectivity index (χ2v) is 4.57. The Morgan fingerprint density at radius 3 is 2.94 bits per heavy atom. The number of amides is 1. The first kappa shape index (κ1) is 11.4. The van der Waals surface area contributed by atoms with Crippen molar-refractivity contribution in [2.45, 2.75) is 12.8 Å². The number of carbonyl (C=O) groups excluding carboxylic acids is 1. The molecule has 0 saturated heterocycles. The van der Waals surface area contributed by atoms with Crippen molar-refractivity contribution >= 4 is 23.2 Å². The lowest BCUT2D eigenvalue weighted by atomic mass is 10.3. The lowest BCUT2D eigenvalue weighted by Gasteiger charge is -2.06. The summed E-state index contributed by atoms with van der Waals surface area (Å²) in [7, 11) is 0. The molecule has 2 rings (SSSR count). The molecule has 1 aromatic carbocycles. The van der Waals surface area contributed by atoms with Crippen molar-refractivity contribution in [3.63, 3.8) is 0 Å². The Morgan fingerprint density at radius 2 is 2.25 bits per heavy atom. The molecule has 0 unspecified atom stereocenters. The van der Waals surface area contributed by atoms with Gasteiger partial charge in [0.25, 0.3) is 0 Å². The Kier molecular flexibility index (Phi) is 3.80. The van der Waals surface area contributed by atoms with Gasteiger partial charge in [0.15, 0.2) is 0 Å². The van der Waals surface area contributed by atoms with Crippen LogP contribution in [0.5, 0.6) is 0 Å². The first-order chi connectivity index (χ1) is 7.74. The van der Waals surface area contributed by atoms with Crippen LogP contribution in [0.3, 0.4) is 0 Å². The summed E-state index contributed by atoms with van der Waals surface area (Å²) in [6.07, 6.45) is 2.59. The van der Waals surface area contributed by atoms with Crippen LogP contribution < -0.4 is 10.6 Å². The summed E-state index contributed by atoms with van der Waals surface area (Å²) >= 11 is 5.82. The number of halogens is 1. The van der Waals surface area contributed by atoms with Gasteiger partial charge in [0.1, 0.15) is 0 Å². The van der Waals surface area contributed by atoms with Crippen molar-refractivity contribution in [1.82, 2.24) is 5.32 Å². The standard InChI is InChI=1S/C12H15ClN2O/c13-10-2-1-3-11(6-10)15-12(16)8-14-7-9-4-5-9/h1-3,6,9,14H,4-5,7-8H2,(H,15,16). The molecule has 0 atom stereocenters. The van der Waals surface area contributed by atoms with Gasteiger partial charge in [0.2, 0.25) is 5.91 Å². The fourth-order valence-electron chi connectivity index (χ4n) is 1.48. The van der Waals surface area contributed by atoms with Gasteiger partial charge < -0.3 is 10.6 Å². The van der Waals surface area contributed by atoms with Gasteiger partial charge in [0.05, 0.1) is 6.54 Å². The molecule has 0 aliphatic heterocycles. The predicted octanol–water partition coefficient (Wildman–Crippen LogP) is 2.28. The first-order valence-corrected chi connectivity index (χ1v) is 5.88. The highest BCUT2D eigenvalue weighted by atomic mass is 35.5. The number of nitrogens with one attached hydrogen (secondary N) is 2. The zero-order valence-electron chi connectivity index (χ0n) is 9.00. The normalized spacial score (nSPS) is 14.8. The molecule has 4 heteroatoms. The minimum absolute atomic E-state index is 0.0251. The van der Waals surface area contributed by atoms with Gasteiger partial charge >= 0.3 is 0 Å². The van der Waals surface area contributed by atoms with Gasteiger partial charge in [-0.15, -0.1) is 0 Å². The average molecular weight is 239 g/mol. The molecule has 1 fully saturated rings. The van der Waals surface area contributed by atoms with E-state index in [4.69, 9.17) is 11.6 Å². The van der Waals surface area contributed by atoms with E-state index in [0.717, 1.165) is 18.2 Å². The smallest absolute Gasteiger partial charge is 0.238 e. The maximum atomic E-state index is 11.5. The minimum atomic E-state index is -0.0251. The number of carbonyl (C=O) groups is 1.